The second-order valence-electron chi connectivity index (χ2n) is 8.07. The molecule has 1 fully saturated rings. The van der Waals surface area contributed by atoms with Crippen molar-refractivity contribution in [1.29, 1.82) is 0 Å². The summed E-state index contributed by atoms with van der Waals surface area (Å²) in [7, 11) is 0. The second-order valence-corrected chi connectivity index (χ2v) is 9.01. The molecule has 3 aromatic rings. The van der Waals surface area contributed by atoms with Crippen molar-refractivity contribution >= 4 is 28.6 Å². The number of hydrogen-bond donors (Lipinski definition) is 1. The van der Waals surface area contributed by atoms with Gasteiger partial charge in [-0.15, -0.1) is 0 Å². The van der Waals surface area contributed by atoms with Crippen molar-refractivity contribution in [3.63, 3.8) is 0 Å². The number of aromatic nitrogens is 2. The SMILES string of the molecule is C[C@@H]1[C@@H](C)CCC[C@@H]1n1c(SCC(=O)NCc2ccco2)nc2ccccc2c1=O. The van der Waals surface area contributed by atoms with Crippen LogP contribution in [-0.2, 0) is 11.3 Å². The average Bonchev–Trinajstić information content (AvgIpc) is 3.27. The van der Waals surface area contributed by atoms with Crippen LogP contribution in [0.2, 0.25) is 0 Å². The Bertz CT molecular complexity index is 1080. The molecule has 1 aliphatic carbocycles. The number of hydrogen-bond acceptors (Lipinski definition) is 5. The fraction of sp³-hybridized carbons (Fsp3) is 0.435. The zero-order valence-corrected chi connectivity index (χ0v) is 18.2. The third kappa shape index (κ3) is 4.31. The molecule has 2 aromatic heterocycles. The third-order valence-corrected chi connectivity index (χ3v) is 7.10. The fourth-order valence-electron chi connectivity index (χ4n) is 4.22. The van der Waals surface area contributed by atoms with Crippen LogP contribution in [0.25, 0.3) is 10.9 Å². The first kappa shape index (κ1) is 20.7. The molecule has 1 N–H and O–H groups in total. The van der Waals surface area contributed by atoms with Gasteiger partial charge >= 0.3 is 0 Å². The summed E-state index contributed by atoms with van der Waals surface area (Å²) in [6.45, 7) is 4.83. The summed E-state index contributed by atoms with van der Waals surface area (Å²) in [5, 5.41) is 4.11. The lowest BCUT2D eigenvalue weighted by Gasteiger charge is -2.36. The minimum absolute atomic E-state index is 0.00922. The van der Waals surface area contributed by atoms with Gasteiger partial charge in [-0.3, -0.25) is 14.2 Å². The van der Waals surface area contributed by atoms with Crippen LogP contribution < -0.4 is 10.9 Å². The van der Waals surface area contributed by atoms with E-state index >= 15 is 0 Å². The summed E-state index contributed by atoms with van der Waals surface area (Å²) >= 11 is 1.33. The molecule has 1 amide bonds. The molecule has 1 aliphatic rings. The largest absolute Gasteiger partial charge is 0.467 e. The number of nitrogens with one attached hydrogen (secondary N) is 1. The van der Waals surface area contributed by atoms with Crippen LogP contribution in [0.15, 0.2) is 57.0 Å². The number of rotatable bonds is 6. The maximum absolute atomic E-state index is 13.4. The van der Waals surface area contributed by atoms with Crippen LogP contribution in [-0.4, -0.2) is 21.2 Å². The molecular formula is C23H27N3O3S. The molecule has 1 aromatic carbocycles. The summed E-state index contributed by atoms with van der Waals surface area (Å²) in [4.78, 5) is 30.6. The molecule has 0 aliphatic heterocycles. The van der Waals surface area contributed by atoms with E-state index in [-0.39, 0.29) is 23.3 Å². The Morgan fingerprint density at radius 3 is 2.87 bits per heavy atom. The zero-order valence-electron chi connectivity index (χ0n) is 17.3. The number of carbonyl (C=O) groups excluding carboxylic acids is 1. The van der Waals surface area contributed by atoms with E-state index in [1.807, 2.05) is 34.9 Å². The van der Waals surface area contributed by atoms with E-state index in [1.165, 1.54) is 18.2 Å². The molecular weight excluding hydrogens is 398 g/mol. The number of carbonyl (C=O) groups is 1. The molecule has 0 unspecified atom stereocenters. The van der Waals surface area contributed by atoms with Gasteiger partial charge in [0.15, 0.2) is 5.16 Å². The highest BCUT2D eigenvalue weighted by molar-refractivity contribution is 7.99. The van der Waals surface area contributed by atoms with Crippen molar-refractivity contribution in [1.82, 2.24) is 14.9 Å². The Hall–Kier alpha value is -2.54. The van der Waals surface area contributed by atoms with Crippen LogP contribution in [0.1, 0.15) is 44.9 Å². The topological polar surface area (TPSA) is 77.1 Å². The predicted octanol–water partition coefficient (Wildman–Crippen LogP) is 4.40. The maximum atomic E-state index is 13.4. The lowest BCUT2D eigenvalue weighted by Crippen LogP contribution is -2.35. The first-order valence-corrected chi connectivity index (χ1v) is 11.5. The smallest absolute Gasteiger partial charge is 0.262 e. The monoisotopic (exact) mass is 425 g/mol. The van der Waals surface area contributed by atoms with Crippen LogP contribution in [0.3, 0.4) is 0 Å². The van der Waals surface area contributed by atoms with Crippen LogP contribution >= 0.6 is 11.8 Å². The molecule has 158 valence electrons. The normalized spacial score (nSPS) is 21.6. The van der Waals surface area contributed by atoms with Crippen LogP contribution in [0.4, 0.5) is 0 Å². The van der Waals surface area contributed by atoms with Gasteiger partial charge in [0.2, 0.25) is 5.91 Å². The lowest BCUT2D eigenvalue weighted by molar-refractivity contribution is -0.118. The van der Waals surface area contributed by atoms with Crippen molar-refractivity contribution in [2.75, 3.05) is 5.75 Å². The van der Waals surface area contributed by atoms with Gasteiger partial charge in [0.1, 0.15) is 5.76 Å². The number of amides is 1. The Morgan fingerprint density at radius 1 is 1.23 bits per heavy atom. The molecule has 30 heavy (non-hydrogen) atoms. The van der Waals surface area contributed by atoms with Crippen molar-refractivity contribution in [3.8, 4) is 0 Å². The van der Waals surface area contributed by atoms with Crippen molar-refractivity contribution in [2.24, 2.45) is 11.8 Å². The van der Waals surface area contributed by atoms with Crippen molar-refractivity contribution in [3.05, 3.63) is 58.8 Å². The highest BCUT2D eigenvalue weighted by Crippen LogP contribution is 2.38. The number of fused-ring (bicyclic) bond motifs is 1. The first-order chi connectivity index (χ1) is 14.5. The number of benzene rings is 1. The minimum atomic E-state index is -0.115. The standard InChI is InChI=1S/C23H27N3O3S/c1-15-7-5-11-20(16(15)2)26-22(28)18-9-3-4-10-19(18)25-23(26)30-14-21(27)24-13-17-8-6-12-29-17/h3-4,6,8-10,12,15-16,20H,5,7,11,13-14H2,1-2H3,(H,24,27)/t15-,16+,20-/m0/s1. The average molecular weight is 426 g/mol. The Morgan fingerprint density at radius 2 is 2.07 bits per heavy atom. The quantitative estimate of drug-likeness (QED) is 0.468. The van der Waals surface area contributed by atoms with E-state index in [1.54, 1.807) is 12.3 Å². The van der Waals surface area contributed by atoms with E-state index < -0.39 is 0 Å². The maximum Gasteiger partial charge on any atom is 0.262 e. The van der Waals surface area contributed by atoms with Crippen LogP contribution in [0.5, 0.6) is 0 Å². The molecule has 0 spiro atoms. The van der Waals surface area contributed by atoms with Gasteiger partial charge in [0.25, 0.3) is 5.56 Å². The van der Waals surface area contributed by atoms with Gasteiger partial charge in [0.05, 0.1) is 29.5 Å². The highest BCUT2D eigenvalue weighted by Gasteiger charge is 2.31. The molecule has 0 radical (unpaired) electrons. The molecule has 0 saturated heterocycles. The van der Waals surface area contributed by atoms with Crippen molar-refractivity contribution < 1.29 is 9.21 Å². The van der Waals surface area contributed by atoms with Crippen LogP contribution in [0, 0.1) is 11.8 Å². The number of nitrogens with zero attached hydrogens (tertiary/aromatic N) is 2. The van der Waals surface area contributed by atoms with Gasteiger partial charge in [-0.05, 0) is 42.5 Å². The van der Waals surface area contributed by atoms with E-state index in [0.29, 0.717) is 40.2 Å². The molecule has 6 nitrogen and oxygen atoms in total. The molecule has 0 bridgehead atoms. The summed E-state index contributed by atoms with van der Waals surface area (Å²) in [5.74, 6) is 1.72. The third-order valence-electron chi connectivity index (χ3n) is 6.14. The summed E-state index contributed by atoms with van der Waals surface area (Å²) in [6, 6.07) is 11.2. The predicted molar refractivity (Wildman–Crippen MR) is 118 cm³/mol. The zero-order chi connectivity index (χ0) is 21.1. The number of furan rings is 1. The van der Waals surface area contributed by atoms with Gasteiger partial charge in [-0.1, -0.05) is 50.6 Å². The van der Waals surface area contributed by atoms with E-state index in [0.717, 1.165) is 12.8 Å². The van der Waals surface area contributed by atoms with Gasteiger partial charge < -0.3 is 9.73 Å². The molecule has 3 atom stereocenters. The van der Waals surface area contributed by atoms with Gasteiger partial charge in [-0.25, -0.2) is 4.98 Å². The summed E-state index contributed by atoms with van der Waals surface area (Å²) in [6.07, 6.45) is 4.83. The Kier molecular flexibility index (Phi) is 6.27. The Labute approximate surface area is 180 Å². The molecule has 7 heteroatoms. The van der Waals surface area contributed by atoms with Gasteiger partial charge in [0, 0.05) is 6.04 Å². The Balaban J connectivity index is 1.60. The lowest BCUT2D eigenvalue weighted by atomic mass is 9.78. The van der Waals surface area contributed by atoms with Crippen molar-refractivity contribution in [2.45, 2.75) is 50.9 Å². The van der Waals surface area contributed by atoms with E-state index in [9.17, 15) is 9.59 Å². The number of para-hydroxylation sites is 1. The summed E-state index contributed by atoms with van der Waals surface area (Å²) in [5.41, 5.74) is 0.666. The molecule has 4 rings (SSSR count). The highest BCUT2D eigenvalue weighted by atomic mass is 32.2. The van der Waals surface area contributed by atoms with Gasteiger partial charge in [-0.2, -0.15) is 0 Å². The minimum Gasteiger partial charge on any atom is -0.467 e. The van der Waals surface area contributed by atoms with E-state index in [4.69, 9.17) is 9.40 Å². The second kappa shape index (κ2) is 9.08. The first-order valence-electron chi connectivity index (χ1n) is 10.5. The molecule has 2 heterocycles. The number of thioether (sulfide) groups is 1. The summed E-state index contributed by atoms with van der Waals surface area (Å²) < 4.78 is 7.11. The molecule has 1 saturated carbocycles. The fourth-order valence-corrected chi connectivity index (χ4v) is 5.10. The van der Waals surface area contributed by atoms with E-state index in [2.05, 4.69) is 19.2 Å².